The topological polar surface area (TPSA) is 94.5 Å². The molecular weight excluding hydrogens is 360 g/mol. The Hall–Kier alpha value is -2.87. The first kappa shape index (κ1) is 21.4. The van der Waals surface area contributed by atoms with Crippen LogP contribution in [0.3, 0.4) is 0 Å². The molecule has 0 saturated heterocycles. The summed E-state index contributed by atoms with van der Waals surface area (Å²) in [6.45, 7) is 7.89. The van der Waals surface area contributed by atoms with Crippen molar-refractivity contribution in [3.8, 4) is 0 Å². The SMILES string of the molecule is C=C(C)CCC(C)Nc1cnc2c(c1)c(NC(=O)COC)c(C(=O)OC)n2C. The normalized spacial score (nSPS) is 11.9. The van der Waals surface area contributed by atoms with Crippen LogP contribution in [-0.2, 0) is 21.3 Å². The zero-order valence-electron chi connectivity index (χ0n) is 17.1. The molecule has 8 nitrogen and oxygen atoms in total. The molecule has 2 aromatic heterocycles. The summed E-state index contributed by atoms with van der Waals surface area (Å²) in [5, 5.41) is 6.79. The van der Waals surface area contributed by atoms with Crippen LogP contribution in [0.2, 0.25) is 0 Å². The first-order valence-electron chi connectivity index (χ1n) is 9.04. The lowest BCUT2D eigenvalue weighted by molar-refractivity contribution is -0.119. The number of methoxy groups -OCH3 is 2. The summed E-state index contributed by atoms with van der Waals surface area (Å²) in [6.07, 6.45) is 3.58. The van der Waals surface area contributed by atoms with Crippen molar-refractivity contribution in [2.45, 2.75) is 32.7 Å². The molecule has 0 aromatic carbocycles. The zero-order chi connectivity index (χ0) is 20.8. The van der Waals surface area contributed by atoms with Crippen molar-refractivity contribution >= 4 is 34.3 Å². The van der Waals surface area contributed by atoms with Crippen LogP contribution in [0.15, 0.2) is 24.4 Å². The van der Waals surface area contributed by atoms with E-state index in [0.717, 1.165) is 24.1 Å². The molecule has 0 saturated carbocycles. The van der Waals surface area contributed by atoms with Gasteiger partial charge in [-0.3, -0.25) is 4.79 Å². The number of hydrogen-bond donors (Lipinski definition) is 2. The fourth-order valence-electron chi connectivity index (χ4n) is 2.98. The molecular formula is C20H28N4O4. The number of carbonyl (C=O) groups excluding carboxylic acids is 2. The predicted molar refractivity (Wildman–Crippen MR) is 110 cm³/mol. The molecule has 0 radical (unpaired) electrons. The molecule has 1 atom stereocenters. The molecule has 0 fully saturated rings. The van der Waals surface area contributed by atoms with Gasteiger partial charge < -0.3 is 24.7 Å². The molecule has 1 amide bonds. The number of aromatic nitrogens is 2. The number of aryl methyl sites for hydroxylation is 1. The van der Waals surface area contributed by atoms with Gasteiger partial charge in [0.1, 0.15) is 12.3 Å². The lowest BCUT2D eigenvalue weighted by Gasteiger charge is -2.15. The number of fused-ring (bicyclic) bond motifs is 1. The molecule has 1 unspecified atom stereocenters. The third-order valence-corrected chi connectivity index (χ3v) is 4.36. The molecule has 152 valence electrons. The van der Waals surface area contributed by atoms with Gasteiger partial charge in [0.25, 0.3) is 0 Å². The van der Waals surface area contributed by atoms with Crippen molar-refractivity contribution in [3.63, 3.8) is 0 Å². The molecule has 2 aromatic rings. The van der Waals surface area contributed by atoms with Crippen molar-refractivity contribution in [3.05, 3.63) is 30.1 Å². The number of esters is 1. The fraction of sp³-hybridized carbons (Fsp3) is 0.450. The van der Waals surface area contributed by atoms with E-state index in [-0.39, 0.29) is 24.2 Å². The second kappa shape index (κ2) is 9.36. The summed E-state index contributed by atoms with van der Waals surface area (Å²) in [5.41, 5.74) is 3.08. The van der Waals surface area contributed by atoms with Crippen molar-refractivity contribution in [2.24, 2.45) is 7.05 Å². The molecule has 2 heterocycles. The van der Waals surface area contributed by atoms with Crippen molar-refractivity contribution in [1.29, 1.82) is 0 Å². The Morgan fingerprint density at radius 1 is 1.36 bits per heavy atom. The first-order valence-corrected chi connectivity index (χ1v) is 9.04. The first-order chi connectivity index (χ1) is 13.3. The minimum Gasteiger partial charge on any atom is -0.464 e. The third kappa shape index (κ3) is 4.89. The number of rotatable bonds is 9. The lowest BCUT2D eigenvalue weighted by atomic mass is 10.1. The van der Waals surface area contributed by atoms with Crippen LogP contribution in [0.25, 0.3) is 11.0 Å². The monoisotopic (exact) mass is 388 g/mol. The second-order valence-corrected chi connectivity index (χ2v) is 6.89. The minimum atomic E-state index is -0.558. The van der Waals surface area contributed by atoms with E-state index in [0.29, 0.717) is 16.7 Å². The average Bonchev–Trinajstić information content (AvgIpc) is 2.91. The Morgan fingerprint density at radius 3 is 2.68 bits per heavy atom. The highest BCUT2D eigenvalue weighted by Gasteiger charge is 2.24. The maximum Gasteiger partial charge on any atom is 0.356 e. The largest absolute Gasteiger partial charge is 0.464 e. The van der Waals surface area contributed by atoms with E-state index in [4.69, 9.17) is 9.47 Å². The predicted octanol–water partition coefficient (Wildman–Crippen LogP) is 3.10. The number of hydrogen-bond acceptors (Lipinski definition) is 6. The van der Waals surface area contributed by atoms with Crippen molar-refractivity contribution in [1.82, 2.24) is 9.55 Å². The van der Waals surface area contributed by atoms with Crippen molar-refractivity contribution in [2.75, 3.05) is 31.5 Å². The van der Waals surface area contributed by atoms with Crippen LogP contribution in [0.4, 0.5) is 11.4 Å². The summed E-state index contributed by atoms with van der Waals surface area (Å²) in [5.74, 6) is -0.925. The molecule has 28 heavy (non-hydrogen) atoms. The maximum absolute atomic E-state index is 12.3. The van der Waals surface area contributed by atoms with Gasteiger partial charge in [-0.05, 0) is 32.8 Å². The fourth-order valence-corrected chi connectivity index (χ4v) is 2.98. The van der Waals surface area contributed by atoms with Crippen LogP contribution >= 0.6 is 0 Å². The highest BCUT2D eigenvalue weighted by atomic mass is 16.5. The van der Waals surface area contributed by atoms with Crippen LogP contribution in [0, 0.1) is 0 Å². The van der Waals surface area contributed by atoms with Gasteiger partial charge in [0, 0.05) is 25.6 Å². The van der Waals surface area contributed by atoms with Crippen LogP contribution in [0.5, 0.6) is 0 Å². The van der Waals surface area contributed by atoms with E-state index in [2.05, 4.69) is 29.1 Å². The van der Waals surface area contributed by atoms with Crippen LogP contribution in [-0.4, -0.2) is 48.3 Å². The van der Waals surface area contributed by atoms with Gasteiger partial charge >= 0.3 is 5.97 Å². The summed E-state index contributed by atoms with van der Waals surface area (Å²) < 4.78 is 11.4. The molecule has 0 aliphatic carbocycles. The van der Waals surface area contributed by atoms with Gasteiger partial charge in [0.05, 0.1) is 24.7 Å². The van der Waals surface area contributed by atoms with E-state index in [9.17, 15) is 9.59 Å². The number of amides is 1. The molecule has 0 spiro atoms. The third-order valence-electron chi connectivity index (χ3n) is 4.36. The molecule has 0 aliphatic rings. The Morgan fingerprint density at radius 2 is 2.07 bits per heavy atom. The van der Waals surface area contributed by atoms with E-state index >= 15 is 0 Å². The average molecular weight is 388 g/mol. The van der Waals surface area contributed by atoms with E-state index in [1.54, 1.807) is 17.8 Å². The summed E-state index contributed by atoms with van der Waals surface area (Å²) in [7, 11) is 4.43. The number of carbonyl (C=O) groups is 2. The van der Waals surface area contributed by atoms with E-state index < -0.39 is 5.97 Å². The van der Waals surface area contributed by atoms with Gasteiger partial charge in [0.2, 0.25) is 5.91 Å². The Balaban J connectivity index is 2.44. The number of allylic oxidation sites excluding steroid dienone is 1. The summed E-state index contributed by atoms with van der Waals surface area (Å²) in [4.78, 5) is 28.9. The van der Waals surface area contributed by atoms with Gasteiger partial charge in [-0.1, -0.05) is 5.57 Å². The summed E-state index contributed by atoms with van der Waals surface area (Å²) in [6, 6.07) is 2.08. The van der Waals surface area contributed by atoms with Gasteiger partial charge in [-0.25, -0.2) is 9.78 Å². The Bertz CT molecular complexity index is 888. The Labute approximate surface area is 164 Å². The van der Waals surface area contributed by atoms with E-state index in [1.165, 1.54) is 14.2 Å². The maximum atomic E-state index is 12.3. The number of anilines is 2. The van der Waals surface area contributed by atoms with Gasteiger partial charge in [-0.2, -0.15) is 0 Å². The van der Waals surface area contributed by atoms with Gasteiger partial charge in [-0.15, -0.1) is 6.58 Å². The van der Waals surface area contributed by atoms with Crippen LogP contribution in [0.1, 0.15) is 37.2 Å². The number of pyridine rings is 1. The van der Waals surface area contributed by atoms with E-state index in [1.807, 2.05) is 13.0 Å². The number of nitrogens with zero attached hydrogens (tertiary/aromatic N) is 2. The summed E-state index contributed by atoms with van der Waals surface area (Å²) >= 11 is 0. The smallest absolute Gasteiger partial charge is 0.356 e. The number of nitrogens with one attached hydrogen (secondary N) is 2. The van der Waals surface area contributed by atoms with Crippen LogP contribution < -0.4 is 10.6 Å². The van der Waals surface area contributed by atoms with Crippen molar-refractivity contribution < 1.29 is 19.1 Å². The zero-order valence-corrected chi connectivity index (χ0v) is 17.1. The second-order valence-electron chi connectivity index (χ2n) is 6.89. The minimum absolute atomic E-state index is 0.125. The number of ether oxygens (including phenoxy) is 2. The lowest BCUT2D eigenvalue weighted by Crippen LogP contribution is -2.19. The Kier molecular flexibility index (Phi) is 7.17. The molecule has 0 bridgehead atoms. The highest BCUT2D eigenvalue weighted by Crippen LogP contribution is 2.32. The van der Waals surface area contributed by atoms with Gasteiger partial charge in [0.15, 0.2) is 5.69 Å². The molecule has 2 N–H and O–H groups in total. The molecule has 8 heteroatoms. The highest BCUT2D eigenvalue weighted by molar-refractivity contribution is 6.11. The molecule has 0 aliphatic heterocycles. The quantitative estimate of drug-likeness (QED) is 0.506. The standard InChI is InChI=1S/C20H28N4O4/c1-12(2)7-8-13(3)22-14-9-15-17(23-16(25)11-27-5)18(20(26)28-6)24(4)19(15)21-10-14/h9-10,13,22H,1,7-8,11H2,2-6H3,(H,23,25). The molecule has 2 rings (SSSR count).